The number of anilines is 1. The van der Waals surface area contributed by atoms with Crippen molar-refractivity contribution in [3.8, 4) is 5.75 Å². The third kappa shape index (κ3) is 2.39. The molecule has 5 heteroatoms. The number of benzene rings is 1. The molecule has 1 aromatic heterocycles. The summed E-state index contributed by atoms with van der Waals surface area (Å²) in [5, 5.41) is 23.2. The van der Waals surface area contributed by atoms with E-state index in [1.54, 1.807) is 37.5 Å². The first-order chi connectivity index (χ1) is 8.08. The van der Waals surface area contributed by atoms with Crippen LogP contribution in [0.1, 0.15) is 17.2 Å². The fourth-order valence-electron chi connectivity index (χ4n) is 1.69. The van der Waals surface area contributed by atoms with Crippen LogP contribution in [0.2, 0.25) is 0 Å². The maximum atomic E-state index is 10.0. The van der Waals surface area contributed by atoms with E-state index in [0.29, 0.717) is 17.8 Å². The van der Waals surface area contributed by atoms with E-state index in [1.165, 1.54) is 4.68 Å². The van der Waals surface area contributed by atoms with Gasteiger partial charge in [0.1, 0.15) is 11.6 Å². The summed E-state index contributed by atoms with van der Waals surface area (Å²) < 4.78 is 1.52. The van der Waals surface area contributed by atoms with Gasteiger partial charge < -0.3 is 15.9 Å². The van der Waals surface area contributed by atoms with E-state index in [1.807, 2.05) is 0 Å². The summed E-state index contributed by atoms with van der Waals surface area (Å²) in [7, 11) is 1.73. The maximum Gasteiger partial charge on any atom is 0.127 e. The SMILES string of the molecule is Cn1ncc(C(O)Cc2ccc(O)cc2)c1N. The third-order valence-corrected chi connectivity index (χ3v) is 2.74. The Morgan fingerprint density at radius 3 is 2.53 bits per heavy atom. The number of aromatic hydroxyl groups is 1. The topological polar surface area (TPSA) is 84.3 Å². The predicted octanol–water partition coefficient (Wildman–Crippen LogP) is 0.984. The van der Waals surface area contributed by atoms with Crippen molar-refractivity contribution in [3.05, 3.63) is 41.6 Å². The van der Waals surface area contributed by atoms with Crippen molar-refractivity contribution < 1.29 is 10.2 Å². The van der Waals surface area contributed by atoms with Crippen LogP contribution in [0.15, 0.2) is 30.5 Å². The fraction of sp³-hybridized carbons (Fsp3) is 0.250. The second-order valence-electron chi connectivity index (χ2n) is 4.00. The molecule has 1 atom stereocenters. The summed E-state index contributed by atoms with van der Waals surface area (Å²) >= 11 is 0. The van der Waals surface area contributed by atoms with Crippen LogP contribution in [0, 0.1) is 0 Å². The molecule has 2 rings (SSSR count). The molecule has 90 valence electrons. The first-order valence-electron chi connectivity index (χ1n) is 5.31. The molecule has 0 aliphatic rings. The van der Waals surface area contributed by atoms with Crippen LogP contribution in [0.25, 0.3) is 0 Å². The van der Waals surface area contributed by atoms with Crippen molar-refractivity contribution in [3.63, 3.8) is 0 Å². The number of hydrogen-bond donors (Lipinski definition) is 3. The van der Waals surface area contributed by atoms with Gasteiger partial charge in [-0.15, -0.1) is 0 Å². The van der Waals surface area contributed by atoms with Gasteiger partial charge in [-0.05, 0) is 17.7 Å². The van der Waals surface area contributed by atoms with Gasteiger partial charge in [0.05, 0.1) is 12.3 Å². The number of aliphatic hydroxyl groups excluding tert-OH is 1. The molecule has 4 N–H and O–H groups in total. The van der Waals surface area contributed by atoms with Gasteiger partial charge in [-0.1, -0.05) is 12.1 Å². The Balaban J connectivity index is 2.14. The number of phenolic OH excluding ortho intramolecular Hbond substituents is 1. The molecule has 0 saturated carbocycles. The van der Waals surface area contributed by atoms with E-state index in [0.717, 1.165) is 5.56 Å². The average Bonchev–Trinajstić information content (AvgIpc) is 2.63. The van der Waals surface area contributed by atoms with Gasteiger partial charge in [0, 0.05) is 19.0 Å². The Labute approximate surface area is 99.1 Å². The Kier molecular flexibility index (Phi) is 3.01. The Hall–Kier alpha value is -2.01. The van der Waals surface area contributed by atoms with E-state index in [9.17, 15) is 5.11 Å². The molecule has 0 aliphatic heterocycles. The third-order valence-electron chi connectivity index (χ3n) is 2.74. The zero-order chi connectivity index (χ0) is 12.4. The highest BCUT2D eigenvalue weighted by Crippen LogP contribution is 2.23. The number of phenols is 1. The van der Waals surface area contributed by atoms with Crippen molar-refractivity contribution in [2.24, 2.45) is 7.05 Å². The maximum absolute atomic E-state index is 10.0. The molecule has 0 aliphatic carbocycles. The number of hydrogen-bond acceptors (Lipinski definition) is 4. The molecular weight excluding hydrogens is 218 g/mol. The molecule has 0 spiro atoms. The number of nitrogens with zero attached hydrogens (tertiary/aromatic N) is 2. The van der Waals surface area contributed by atoms with Gasteiger partial charge in [0.25, 0.3) is 0 Å². The second kappa shape index (κ2) is 4.47. The molecule has 0 bridgehead atoms. The van der Waals surface area contributed by atoms with Crippen molar-refractivity contribution in [1.29, 1.82) is 0 Å². The zero-order valence-electron chi connectivity index (χ0n) is 9.54. The smallest absolute Gasteiger partial charge is 0.127 e. The summed E-state index contributed by atoms with van der Waals surface area (Å²) in [6, 6.07) is 6.72. The summed E-state index contributed by atoms with van der Waals surface area (Å²) in [6.07, 6.45) is 1.32. The normalized spacial score (nSPS) is 12.6. The fourth-order valence-corrected chi connectivity index (χ4v) is 1.69. The van der Waals surface area contributed by atoms with Gasteiger partial charge >= 0.3 is 0 Å². The first kappa shape index (κ1) is 11.5. The van der Waals surface area contributed by atoms with E-state index in [4.69, 9.17) is 10.8 Å². The lowest BCUT2D eigenvalue weighted by atomic mass is 10.0. The molecule has 0 amide bonds. The minimum Gasteiger partial charge on any atom is -0.508 e. The van der Waals surface area contributed by atoms with E-state index in [2.05, 4.69) is 5.10 Å². The zero-order valence-corrected chi connectivity index (χ0v) is 9.54. The van der Waals surface area contributed by atoms with Crippen molar-refractivity contribution >= 4 is 5.82 Å². The number of nitrogen functional groups attached to an aromatic ring is 1. The molecule has 1 unspecified atom stereocenters. The second-order valence-corrected chi connectivity index (χ2v) is 4.00. The Morgan fingerprint density at radius 1 is 1.35 bits per heavy atom. The highest BCUT2D eigenvalue weighted by molar-refractivity contribution is 5.40. The lowest BCUT2D eigenvalue weighted by molar-refractivity contribution is 0.179. The van der Waals surface area contributed by atoms with Gasteiger partial charge in [0.15, 0.2) is 0 Å². The molecule has 0 radical (unpaired) electrons. The van der Waals surface area contributed by atoms with Crippen LogP contribution >= 0.6 is 0 Å². The van der Waals surface area contributed by atoms with E-state index >= 15 is 0 Å². The molecule has 17 heavy (non-hydrogen) atoms. The molecule has 2 aromatic rings. The lowest BCUT2D eigenvalue weighted by Crippen LogP contribution is -2.05. The number of aromatic nitrogens is 2. The minimum absolute atomic E-state index is 0.212. The van der Waals surface area contributed by atoms with E-state index < -0.39 is 6.10 Å². The first-order valence-corrected chi connectivity index (χ1v) is 5.31. The lowest BCUT2D eigenvalue weighted by Gasteiger charge is -2.10. The Bertz CT molecular complexity index is 505. The number of rotatable bonds is 3. The average molecular weight is 233 g/mol. The minimum atomic E-state index is -0.687. The largest absolute Gasteiger partial charge is 0.508 e. The van der Waals surface area contributed by atoms with Crippen molar-refractivity contribution in [2.75, 3.05) is 5.73 Å². The van der Waals surface area contributed by atoms with Crippen LogP contribution in [0.5, 0.6) is 5.75 Å². The van der Waals surface area contributed by atoms with E-state index in [-0.39, 0.29) is 5.75 Å². The van der Waals surface area contributed by atoms with Gasteiger partial charge in [0.2, 0.25) is 0 Å². The molecule has 0 saturated heterocycles. The monoisotopic (exact) mass is 233 g/mol. The Morgan fingerprint density at radius 2 is 2.00 bits per heavy atom. The molecule has 5 nitrogen and oxygen atoms in total. The number of nitrogens with two attached hydrogens (primary N) is 1. The highest BCUT2D eigenvalue weighted by Gasteiger charge is 2.15. The van der Waals surface area contributed by atoms with Crippen LogP contribution in [-0.4, -0.2) is 20.0 Å². The predicted molar refractivity (Wildman–Crippen MR) is 64.4 cm³/mol. The van der Waals surface area contributed by atoms with Crippen LogP contribution < -0.4 is 5.73 Å². The quantitative estimate of drug-likeness (QED) is 0.738. The number of aryl methyl sites for hydroxylation is 1. The van der Waals surface area contributed by atoms with Crippen LogP contribution in [-0.2, 0) is 13.5 Å². The summed E-state index contributed by atoms with van der Waals surface area (Å²) in [5.74, 6) is 0.681. The molecular formula is C12H15N3O2. The van der Waals surface area contributed by atoms with Crippen LogP contribution in [0.4, 0.5) is 5.82 Å². The van der Waals surface area contributed by atoms with Crippen LogP contribution in [0.3, 0.4) is 0 Å². The summed E-state index contributed by atoms with van der Waals surface area (Å²) in [6.45, 7) is 0. The summed E-state index contributed by atoms with van der Waals surface area (Å²) in [4.78, 5) is 0. The summed E-state index contributed by atoms with van der Waals surface area (Å²) in [5.41, 5.74) is 7.34. The van der Waals surface area contributed by atoms with Gasteiger partial charge in [-0.3, -0.25) is 4.68 Å². The standard InChI is InChI=1S/C12H15N3O2/c1-15-12(13)10(7-14-15)11(17)6-8-2-4-9(16)5-3-8/h2-5,7,11,16-17H,6,13H2,1H3. The highest BCUT2D eigenvalue weighted by atomic mass is 16.3. The molecule has 1 heterocycles. The van der Waals surface area contributed by atoms with Gasteiger partial charge in [-0.25, -0.2) is 0 Å². The number of aliphatic hydroxyl groups is 1. The molecule has 0 fully saturated rings. The van der Waals surface area contributed by atoms with Crippen molar-refractivity contribution in [1.82, 2.24) is 9.78 Å². The van der Waals surface area contributed by atoms with Gasteiger partial charge in [-0.2, -0.15) is 5.10 Å². The molecule has 1 aromatic carbocycles. The van der Waals surface area contributed by atoms with Crippen molar-refractivity contribution in [2.45, 2.75) is 12.5 Å².